The van der Waals surface area contributed by atoms with Gasteiger partial charge in [0, 0.05) is 13.6 Å². The van der Waals surface area contributed by atoms with Gasteiger partial charge in [-0.25, -0.2) is 4.79 Å². The van der Waals surface area contributed by atoms with E-state index >= 15 is 0 Å². The first-order valence-electron chi connectivity index (χ1n) is 6.09. The first-order valence-corrected chi connectivity index (χ1v) is 6.09. The van der Waals surface area contributed by atoms with Crippen LogP contribution in [0.5, 0.6) is 0 Å². The molecule has 1 rings (SSSR count). The van der Waals surface area contributed by atoms with E-state index in [1.54, 1.807) is 6.92 Å². The molecule has 0 radical (unpaired) electrons. The van der Waals surface area contributed by atoms with Crippen molar-refractivity contribution in [1.29, 1.82) is 0 Å². The Morgan fingerprint density at radius 2 is 1.78 bits per heavy atom. The van der Waals surface area contributed by atoms with Crippen molar-refractivity contribution in [2.75, 3.05) is 20.1 Å². The molecule has 1 aliphatic rings. The van der Waals surface area contributed by atoms with Gasteiger partial charge in [-0.2, -0.15) is 0 Å². The fourth-order valence-electron chi connectivity index (χ4n) is 2.14. The van der Waals surface area contributed by atoms with Crippen LogP contribution in [0.25, 0.3) is 0 Å². The van der Waals surface area contributed by atoms with E-state index in [0.717, 1.165) is 9.80 Å². The zero-order valence-electron chi connectivity index (χ0n) is 11.4. The fraction of sp³-hybridized carbons (Fsp3) is 0.750. The molecule has 1 atom stereocenters. The van der Waals surface area contributed by atoms with E-state index in [1.807, 2.05) is 13.8 Å². The minimum atomic E-state index is -1.22. The van der Waals surface area contributed by atoms with Gasteiger partial charge in [-0.15, -0.1) is 0 Å². The Kier molecular flexibility index (Phi) is 4.11. The molecule has 1 heterocycles. The summed E-state index contributed by atoms with van der Waals surface area (Å²) in [4.78, 5) is 38.6. The van der Waals surface area contributed by atoms with Gasteiger partial charge in [0.1, 0.15) is 5.41 Å². The monoisotopic (exact) mass is 255 g/mol. The molecule has 2 N–H and O–H groups in total. The number of amides is 4. The van der Waals surface area contributed by atoms with Crippen LogP contribution >= 0.6 is 0 Å². The lowest BCUT2D eigenvalue weighted by atomic mass is 9.82. The molecule has 0 aromatic rings. The average Bonchev–Trinajstić information content (AvgIpc) is 2.30. The van der Waals surface area contributed by atoms with Crippen LogP contribution in [0.2, 0.25) is 0 Å². The van der Waals surface area contributed by atoms with Gasteiger partial charge in [0.2, 0.25) is 11.8 Å². The van der Waals surface area contributed by atoms with Crippen molar-refractivity contribution in [2.24, 2.45) is 17.1 Å². The van der Waals surface area contributed by atoms with Crippen LogP contribution in [0.4, 0.5) is 4.79 Å². The van der Waals surface area contributed by atoms with Gasteiger partial charge in [0.15, 0.2) is 0 Å². The molecule has 0 spiro atoms. The van der Waals surface area contributed by atoms with Gasteiger partial charge in [-0.3, -0.25) is 19.4 Å². The van der Waals surface area contributed by atoms with Gasteiger partial charge in [-0.1, -0.05) is 13.8 Å². The summed E-state index contributed by atoms with van der Waals surface area (Å²) < 4.78 is 0. The molecule has 0 aliphatic carbocycles. The Balaban J connectivity index is 3.12. The number of hydrogen-bond donors (Lipinski definition) is 1. The van der Waals surface area contributed by atoms with Crippen LogP contribution in [-0.2, 0) is 9.59 Å². The number of carbonyl (C=O) groups is 3. The first kappa shape index (κ1) is 14.6. The highest BCUT2D eigenvalue weighted by atomic mass is 16.2. The highest BCUT2D eigenvalue weighted by Gasteiger charge is 2.52. The molecule has 1 aliphatic heterocycles. The van der Waals surface area contributed by atoms with Gasteiger partial charge in [-0.05, 0) is 25.8 Å². The molecule has 4 amide bonds. The Morgan fingerprint density at radius 1 is 1.22 bits per heavy atom. The van der Waals surface area contributed by atoms with E-state index in [-0.39, 0.29) is 18.9 Å². The molecule has 1 unspecified atom stereocenters. The molecule has 1 fully saturated rings. The van der Waals surface area contributed by atoms with E-state index in [4.69, 9.17) is 5.73 Å². The summed E-state index contributed by atoms with van der Waals surface area (Å²) in [6, 6.07) is -0.548. The maximum absolute atomic E-state index is 12.3. The lowest BCUT2D eigenvalue weighted by Gasteiger charge is -2.41. The number of barbiturate groups is 1. The van der Waals surface area contributed by atoms with Gasteiger partial charge < -0.3 is 5.73 Å². The molecule has 0 saturated carbocycles. The van der Waals surface area contributed by atoms with E-state index in [9.17, 15) is 14.4 Å². The second-order valence-corrected chi connectivity index (χ2v) is 5.33. The third-order valence-corrected chi connectivity index (χ3v) is 3.20. The first-order chi connectivity index (χ1) is 8.25. The predicted octanol–water partition coefficient (Wildman–Crippen LogP) is 0.418. The smallest absolute Gasteiger partial charge is 0.330 e. The van der Waals surface area contributed by atoms with Crippen molar-refractivity contribution in [3.63, 3.8) is 0 Å². The highest BCUT2D eigenvalue weighted by molar-refractivity contribution is 6.18. The summed E-state index contributed by atoms with van der Waals surface area (Å²) >= 11 is 0. The molecule has 0 aromatic heterocycles. The van der Waals surface area contributed by atoms with Crippen molar-refractivity contribution in [2.45, 2.75) is 27.2 Å². The van der Waals surface area contributed by atoms with Crippen molar-refractivity contribution in [3.05, 3.63) is 0 Å². The number of hydrogen-bond acceptors (Lipinski definition) is 4. The summed E-state index contributed by atoms with van der Waals surface area (Å²) in [5.41, 5.74) is 4.25. The normalized spacial score (nSPS) is 25.3. The number of rotatable bonds is 4. The summed E-state index contributed by atoms with van der Waals surface area (Å²) in [7, 11) is 1.40. The summed E-state index contributed by atoms with van der Waals surface area (Å²) in [6.07, 6.45) is 0.247. The summed E-state index contributed by atoms with van der Waals surface area (Å²) in [5, 5.41) is 0. The second kappa shape index (κ2) is 5.06. The van der Waals surface area contributed by atoms with Crippen LogP contribution in [0.15, 0.2) is 0 Å². The Morgan fingerprint density at radius 3 is 2.22 bits per heavy atom. The molecule has 1 saturated heterocycles. The molecular formula is C12H21N3O3. The van der Waals surface area contributed by atoms with Crippen LogP contribution < -0.4 is 5.73 Å². The quantitative estimate of drug-likeness (QED) is 0.738. The highest BCUT2D eigenvalue weighted by Crippen LogP contribution is 2.31. The van der Waals surface area contributed by atoms with E-state index in [2.05, 4.69) is 0 Å². The van der Waals surface area contributed by atoms with Crippen LogP contribution in [0.1, 0.15) is 27.2 Å². The summed E-state index contributed by atoms with van der Waals surface area (Å²) in [5.74, 6) is -0.751. The molecule has 0 aromatic carbocycles. The van der Waals surface area contributed by atoms with Crippen LogP contribution in [-0.4, -0.2) is 47.8 Å². The van der Waals surface area contributed by atoms with Crippen molar-refractivity contribution in [1.82, 2.24) is 9.80 Å². The number of nitrogens with zero attached hydrogens (tertiary/aromatic N) is 2. The van der Waals surface area contributed by atoms with Gasteiger partial charge >= 0.3 is 6.03 Å². The van der Waals surface area contributed by atoms with Crippen LogP contribution in [0.3, 0.4) is 0 Å². The summed E-state index contributed by atoms with van der Waals surface area (Å²) in [6.45, 7) is 5.93. The third kappa shape index (κ3) is 2.25. The number of imide groups is 2. The van der Waals surface area contributed by atoms with Crippen molar-refractivity contribution in [3.8, 4) is 0 Å². The third-order valence-electron chi connectivity index (χ3n) is 3.20. The Labute approximate surface area is 107 Å². The zero-order chi connectivity index (χ0) is 14.1. The molecular weight excluding hydrogens is 234 g/mol. The maximum Gasteiger partial charge on any atom is 0.333 e. The topological polar surface area (TPSA) is 83.7 Å². The van der Waals surface area contributed by atoms with Gasteiger partial charge in [0.25, 0.3) is 0 Å². The number of nitrogens with two attached hydrogens (primary N) is 1. The lowest BCUT2D eigenvalue weighted by Crippen LogP contribution is -2.64. The molecule has 6 nitrogen and oxygen atoms in total. The maximum atomic E-state index is 12.3. The number of carbonyl (C=O) groups excluding carboxylic acids is 3. The molecule has 18 heavy (non-hydrogen) atoms. The molecule has 102 valence electrons. The van der Waals surface area contributed by atoms with Crippen molar-refractivity contribution < 1.29 is 14.4 Å². The minimum absolute atomic E-state index is 0.154. The van der Waals surface area contributed by atoms with Gasteiger partial charge in [0.05, 0.1) is 0 Å². The SMILES string of the molecule is CC(C)CN1C(=O)N(C)C(=O)C(C)(CCN)C1=O. The molecule has 0 bridgehead atoms. The Hall–Kier alpha value is -1.43. The van der Waals surface area contributed by atoms with E-state index in [1.165, 1.54) is 7.05 Å². The largest absolute Gasteiger partial charge is 0.333 e. The second-order valence-electron chi connectivity index (χ2n) is 5.33. The average molecular weight is 255 g/mol. The number of urea groups is 1. The zero-order valence-corrected chi connectivity index (χ0v) is 11.4. The Bertz CT molecular complexity index is 381. The van der Waals surface area contributed by atoms with E-state index in [0.29, 0.717) is 6.54 Å². The van der Waals surface area contributed by atoms with E-state index < -0.39 is 23.3 Å². The fourth-order valence-corrected chi connectivity index (χ4v) is 2.14. The lowest BCUT2D eigenvalue weighted by molar-refractivity contribution is -0.157. The molecule has 6 heteroatoms. The van der Waals surface area contributed by atoms with Crippen LogP contribution in [0, 0.1) is 11.3 Å². The standard InChI is InChI=1S/C12H21N3O3/c1-8(2)7-15-10(17)12(3,5-6-13)9(16)14(4)11(15)18/h8H,5-7,13H2,1-4H3. The van der Waals surface area contributed by atoms with Crippen molar-refractivity contribution >= 4 is 17.8 Å². The predicted molar refractivity (Wildman–Crippen MR) is 66.5 cm³/mol. The minimum Gasteiger partial charge on any atom is -0.330 e.